The van der Waals surface area contributed by atoms with Crippen molar-refractivity contribution in [1.82, 2.24) is 9.80 Å². The fourth-order valence-electron chi connectivity index (χ4n) is 2.60. The van der Waals surface area contributed by atoms with Gasteiger partial charge in [0.05, 0.1) is 0 Å². The third-order valence-electron chi connectivity index (χ3n) is 3.93. The Bertz CT molecular complexity index is 179. The summed E-state index contributed by atoms with van der Waals surface area (Å²) >= 11 is 5.78. The van der Waals surface area contributed by atoms with E-state index in [2.05, 4.69) is 23.6 Å². The van der Waals surface area contributed by atoms with Gasteiger partial charge in [-0.05, 0) is 12.3 Å². The van der Waals surface area contributed by atoms with Crippen LogP contribution in [0.25, 0.3) is 0 Å². The van der Waals surface area contributed by atoms with Crippen LogP contribution in [-0.2, 0) is 0 Å². The molecule has 0 aromatic carbocycles. The van der Waals surface area contributed by atoms with Gasteiger partial charge in [-0.2, -0.15) is 0 Å². The van der Waals surface area contributed by atoms with Crippen LogP contribution >= 0.6 is 11.6 Å². The van der Waals surface area contributed by atoms with Gasteiger partial charge in [0.2, 0.25) is 0 Å². The maximum Gasteiger partial charge on any atom is 0.0351 e. The number of unbranched alkanes of at least 4 members (excludes halogenated alkanes) is 1. The van der Waals surface area contributed by atoms with E-state index in [9.17, 15) is 0 Å². The van der Waals surface area contributed by atoms with Crippen LogP contribution in [0.1, 0.15) is 39.5 Å². The molecule has 1 saturated heterocycles. The molecule has 0 saturated carbocycles. The highest BCUT2D eigenvalue weighted by atomic mass is 35.5. The van der Waals surface area contributed by atoms with Crippen molar-refractivity contribution in [2.45, 2.75) is 39.5 Å². The lowest BCUT2D eigenvalue weighted by Gasteiger charge is -2.36. The van der Waals surface area contributed by atoms with Gasteiger partial charge in [0.1, 0.15) is 0 Å². The molecule has 1 aliphatic heterocycles. The van der Waals surface area contributed by atoms with Gasteiger partial charge in [0.15, 0.2) is 0 Å². The first-order chi connectivity index (χ1) is 8.30. The van der Waals surface area contributed by atoms with E-state index in [0.717, 1.165) is 18.3 Å². The van der Waals surface area contributed by atoms with Gasteiger partial charge >= 0.3 is 0 Å². The highest BCUT2D eigenvalue weighted by Crippen LogP contribution is 2.15. The maximum atomic E-state index is 5.78. The van der Waals surface area contributed by atoms with E-state index in [1.807, 2.05) is 0 Å². The van der Waals surface area contributed by atoms with Crippen molar-refractivity contribution < 1.29 is 0 Å². The summed E-state index contributed by atoms with van der Waals surface area (Å²) in [5, 5.41) is 0. The monoisotopic (exact) mass is 260 g/mol. The van der Waals surface area contributed by atoms with Gasteiger partial charge in [0.25, 0.3) is 0 Å². The lowest BCUT2D eigenvalue weighted by molar-refractivity contribution is 0.119. The second-order valence-electron chi connectivity index (χ2n) is 5.25. The Kier molecular flexibility index (Phi) is 8.25. The van der Waals surface area contributed by atoms with Crippen LogP contribution in [0.2, 0.25) is 0 Å². The molecule has 0 bridgehead atoms. The normalized spacial score (nSPS) is 20.6. The van der Waals surface area contributed by atoms with E-state index >= 15 is 0 Å². The van der Waals surface area contributed by atoms with Gasteiger partial charge in [0, 0.05) is 45.1 Å². The maximum absolute atomic E-state index is 5.78. The number of nitrogens with zero attached hydrogens (tertiary/aromatic N) is 2. The quantitative estimate of drug-likeness (QED) is 0.619. The van der Waals surface area contributed by atoms with Crippen molar-refractivity contribution in [3.63, 3.8) is 0 Å². The zero-order chi connectivity index (χ0) is 12.5. The topological polar surface area (TPSA) is 6.48 Å². The average molecular weight is 261 g/mol. The summed E-state index contributed by atoms with van der Waals surface area (Å²) < 4.78 is 0. The molecular formula is C14H29ClN2. The highest BCUT2D eigenvalue weighted by molar-refractivity contribution is 6.18. The molecule has 102 valence electrons. The van der Waals surface area contributed by atoms with Gasteiger partial charge in [-0.1, -0.05) is 33.1 Å². The summed E-state index contributed by atoms with van der Waals surface area (Å²) in [6.45, 7) is 11.9. The number of hydrogen-bond donors (Lipinski definition) is 0. The van der Waals surface area contributed by atoms with Crippen molar-refractivity contribution in [3.8, 4) is 0 Å². The number of hydrogen-bond acceptors (Lipinski definition) is 2. The summed E-state index contributed by atoms with van der Waals surface area (Å²) in [6, 6.07) is 0. The molecule has 1 atom stereocenters. The molecular weight excluding hydrogens is 232 g/mol. The van der Waals surface area contributed by atoms with E-state index in [1.165, 1.54) is 58.4 Å². The van der Waals surface area contributed by atoms with E-state index in [0.29, 0.717) is 0 Å². The Morgan fingerprint density at radius 2 is 1.71 bits per heavy atom. The number of rotatable bonds is 8. The fourth-order valence-corrected chi connectivity index (χ4v) is 2.84. The number of alkyl halides is 1. The van der Waals surface area contributed by atoms with Gasteiger partial charge in [-0.15, -0.1) is 11.6 Å². The predicted molar refractivity (Wildman–Crippen MR) is 76.9 cm³/mol. The Hall–Kier alpha value is 0.210. The van der Waals surface area contributed by atoms with E-state index in [1.54, 1.807) is 0 Å². The first-order valence-corrected chi connectivity index (χ1v) is 7.84. The molecule has 17 heavy (non-hydrogen) atoms. The second-order valence-corrected chi connectivity index (χ2v) is 5.63. The molecule has 1 fully saturated rings. The van der Waals surface area contributed by atoms with Gasteiger partial charge < -0.3 is 4.90 Å². The minimum atomic E-state index is 0.772. The van der Waals surface area contributed by atoms with Crippen LogP contribution in [-0.4, -0.2) is 54.9 Å². The molecule has 0 radical (unpaired) electrons. The molecule has 1 heterocycles. The number of piperazine rings is 1. The van der Waals surface area contributed by atoms with Crippen LogP contribution in [0.3, 0.4) is 0 Å². The molecule has 0 amide bonds. The van der Waals surface area contributed by atoms with E-state index < -0.39 is 0 Å². The molecule has 1 rings (SSSR count). The molecule has 3 heteroatoms. The van der Waals surface area contributed by atoms with Gasteiger partial charge in [-0.3, -0.25) is 4.90 Å². The standard InChI is InChI=1S/C14H29ClN2/c1-3-5-6-14(4-2)13-17-11-9-16(8-7-15)10-12-17/h14H,3-13H2,1-2H3. The Morgan fingerprint density at radius 3 is 2.24 bits per heavy atom. The van der Waals surface area contributed by atoms with Crippen molar-refractivity contribution >= 4 is 11.6 Å². The van der Waals surface area contributed by atoms with E-state index in [4.69, 9.17) is 11.6 Å². The zero-order valence-electron chi connectivity index (χ0n) is 11.6. The van der Waals surface area contributed by atoms with Crippen LogP contribution in [0.4, 0.5) is 0 Å². The minimum Gasteiger partial charge on any atom is -0.301 e. The lowest BCUT2D eigenvalue weighted by Crippen LogP contribution is -2.48. The highest BCUT2D eigenvalue weighted by Gasteiger charge is 2.18. The third kappa shape index (κ3) is 6.08. The summed E-state index contributed by atoms with van der Waals surface area (Å²) in [5.74, 6) is 1.68. The van der Waals surface area contributed by atoms with Crippen molar-refractivity contribution in [2.75, 3.05) is 45.1 Å². The fraction of sp³-hybridized carbons (Fsp3) is 1.00. The first-order valence-electron chi connectivity index (χ1n) is 7.30. The zero-order valence-corrected chi connectivity index (χ0v) is 12.4. The molecule has 1 unspecified atom stereocenters. The Morgan fingerprint density at radius 1 is 1.06 bits per heavy atom. The predicted octanol–water partition coefficient (Wildman–Crippen LogP) is 3.06. The molecule has 0 aliphatic carbocycles. The molecule has 1 aliphatic rings. The van der Waals surface area contributed by atoms with Gasteiger partial charge in [-0.25, -0.2) is 0 Å². The Balaban J connectivity index is 2.19. The third-order valence-corrected chi connectivity index (χ3v) is 4.09. The van der Waals surface area contributed by atoms with Crippen LogP contribution in [0.15, 0.2) is 0 Å². The number of halogens is 1. The lowest BCUT2D eigenvalue weighted by atomic mass is 9.98. The van der Waals surface area contributed by atoms with Crippen molar-refractivity contribution in [1.29, 1.82) is 0 Å². The van der Waals surface area contributed by atoms with E-state index in [-0.39, 0.29) is 0 Å². The second kappa shape index (κ2) is 9.18. The molecule has 0 aromatic rings. The molecule has 0 aromatic heterocycles. The summed E-state index contributed by atoms with van der Waals surface area (Å²) in [4.78, 5) is 5.13. The molecule has 0 spiro atoms. The largest absolute Gasteiger partial charge is 0.301 e. The van der Waals surface area contributed by atoms with Crippen molar-refractivity contribution in [2.24, 2.45) is 5.92 Å². The van der Waals surface area contributed by atoms with Crippen LogP contribution in [0.5, 0.6) is 0 Å². The SMILES string of the molecule is CCCCC(CC)CN1CCN(CCCl)CC1. The summed E-state index contributed by atoms with van der Waals surface area (Å²) in [7, 11) is 0. The average Bonchev–Trinajstić information content (AvgIpc) is 2.37. The minimum absolute atomic E-state index is 0.772. The molecule has 0 N–H and O–H groups in total. The summed E-state index contributed by atoms with van der Waals surface area (Å²) in [6.07, 6.45) is 5.47. The van der Waals surface area contributed by atoms with Crippen molar-refractivity contribution in [3.05, 3.63) is 0 Å². The summed E-state index contributed by atoms with van der Waals surface area (Å²) in [5.41, 5.74) is 0. The van der Waals surface area contributed by atoms with Crippen LogP contribution < -0.4 is 0 Å². The Labute approximate surface area is 112 Å². The smallest absolute Gasteiger partial charge is 0.0351 e. The molecule has 2 nitrogen and oxygen atoms in total. The first kappa shape index (κ1) is 15.3. The van der Waals surface area contributed by atoms with Crippen LogP contribution in [0, 0.1) is 5.92 Å².